The van der Waals surface area contributed by atoms with E-state index in [0.29, 0.717) is 14.8 Å². The van der Waals surface area contributed by atoms with Crippen molar-refractivity contribution in [2.24, 2.45) is 0 Å². The summed E-state index contributed by atoms with van der Waals surface area (Å²) in [4.78, 5) is 13.1. The average molecular weight is 305 g/mol. The number of phenolic OH excluding ortho intramolecular Hbond substituents is 2. The number of ketones is 1. The Morgan fingerprint density at radius 2 is 1.65 bits per heavy atom. The normalized spacial score (nSPS) is 15.7. The zero-order chi connectivity index (χ0) is 14.3. The Kier molecular flexibility index (Phi) is 3.20. The molecule has 0 fully saturated rings. The minimum absolute atomic E-state index is 0.00402. The topological polar surface area (TPSA) is 57.5 Å². The highest BCUT2D eigenvalue weighted by Crippen LogP contribution is 2.48. The lowest BCUT2D eigenvalue weighted by Crippen LogP contribution is -1.94. The van der Waals surface area contributed by atoms with Crippen LogP contribution in [0.25, 0.3) is 6.08 Å². The summed E-state index contributed by atoms with van der Waals surface area (Å²) in [5.41, 5.74) is 0.993. The molecule has 0 amide bonds. The van der Waals surface area contributed by atoms with E-state index >= 15 is 0 Å². The molecule has 20 heavy (non-hydrogen) atoms. The van der Waals surface area contributed by atoms with Gasteiger partial charge < -0.3 is 10.2 Å². The number of phenols is 2. The highest BCUT2D eigenvalue weighted by atomic mass is 35.5. The number of hydrogen-bond donors (Lipinski definition) is 2. The van der Waals surface area contributed by atoms with Crippen molar-refractivity contribution in [3.05, 3.63) is 57.5 Å². The fourth-order valence-corrected chi connectivity index (χ4v) is 3.18. The number of carbonyl (C=O) groups excluding carboxylic acids is 1. The maximum atomic E-state index is 12.3. The van der Waals surface area contributed by atoms with Crippen molar-refractivity contribution >= 4 is 35.2 Å². The molecule has 0 saturated carbocycles. The number of rotatable bonds is 1. The average Bonchev–Trinajstić information content (AvgIpc) is 2.76. The van der Waals surface area contributed by atoms with Gasteiger partial charge in [-0.3, -0.25) is 4.79 Å². The molecule has 2 aromatic rings. The highest BCUT2D eigenvalue weighted by molar-refractivity contribution is 8.05. The van der Waals surface area contributed by atoms with Gasteiger partial charge in [-0.2, -0.15) is 0 Å². The van der Waals surface area contributed by atoms with E-state index < -0.39 is 0 Å². The predicted molar refractivity (Wildman–Crippen MR) is 79.4 cm³/mol. The molecule has 100 valence electrons. The van der Waals surface area contributed by atoms with Gasteiger partial charge in [0.25, 0.3) is 0 Å². The van der Waals surface area contributed by atoms with Crippen molar-refractivity contribution in [3.8, 4) is 11.5 Å². The molecule has 5 heteroatoms. The first-order valence-electron chi connectivity index (χ1n) is 5.81. The van der Waals surface area contributed by atoms with E-state index in [1.807, 2.05) is 0 Å². The predicted octanol–water partition coefficient (Wildman–Crippen LogP) is 4.08. The van der Waals surface area contributed by atoms with Crippen LogP contribution in [0.3, 0.4) is 0 Å². The SMILES string of the molecule is O=C1/C(=C/c2ccc(Cl)cc2)Sc2c(O)ccc(O)c21. The van der Waals surface area contributed by atoms with Crippen LogP contribution < -0.4 is 0 Å². The molecule has 1 aliphatic heterocycles. The molecule has 1 aliphatic rings. The fraction of sp³-hybridized carbons (Fsp3) is 0. The van der Waals surface area contributed by atoms with Crippen molar-refractivity contribution in [1.29, 1.82) is 0 Å². The summed E-state index contributed by atoms with van der Waals surface area (Å²) >= 11 is 6.97. The first kappa shape index (κ1) is 13.1. The molecule has 2 aromatic carbocycles. The smallest absolute Gasteiger partial charge is 0.204 e. The molecule has 3 rings (SSSR count). The summed E-state index contributed by atoms with van der Waals surface area (Å²) in [6.07, 6.45) is 1.71. The van der Waals surface area contributed by atoms with Gasteiger partial charge in [-0.15, -0.1) is 0 Å². The lowest BCUT2D eigenvalue weighted by atomic mass is 10.1. The van der Waals surface area contributed by atoms with Crippen LogP contribution in [0.4, 0.5) is 0 Å². The van der Waals surface area contributed by atoms with E-state index in [1.165, 1.54) is 12.1 Å². The van der Waals surface area contributed by atoms with Crippen LogP contribution in [0.15, 0.2) is 46.2 Å². The third kappa shape index (κ3) is 2.17. The second kappa shape index (κ2) is 4.89. The van der Waals surface area contributed by atoms with Crippen molar-refractivity contribution in [2.45, 2.75) is 4.90 Å². The molecule has 1 heterocycles. The summed E-state index contributed by atoms with van der Waals surface area (Å²) in [6, 6.07) is 9.76. The van der Waals surface area contributed by atoms with E-state index in [0.717, 1.165) is 17.3 Å². The molecule has 0 radical (unpaired) electrons. The zero-order valence-corrected chi connectivity index (χ0v) is 11.7. The molecular formula is C15H9ClO3S. The second-order valence-electron chi connectivity index (χ2n) is 4.30. The van der Waals surface area contributed by atoms with Crippen LogP contribution in [0.2, 0.25) is 5.02 Å². The van der Waals surface area contributed by atoms with Gasteiger partial charge in [-0.25, -0.2) is 0 Å². The quantitative estimate of drug-likeness (QED) is 0.615. The van der Waals surface area contributed by atoms with E-state index in [9.17, 15) is 15.0 Å². The summed E-state index contributed by atoms with van der Waals surface area (Å²) in [5.74, 6) is -0.404. The number of carbonyl (C=O) groups is 1. The molecule has 2 N–H and O–H groups in total. The van der Waals surface area contributed by atoms with Gasteiger partial charge in [-0.05, 0) is 35.9 Å². The van der Waals surface area contributed by atoms with Gasteiger partial charge in [0.05, 0.1) is 15.4 Å². The van der Waals surface area contributed by atoms with Crippen molar-refractivity contribution in [3.63, 3.8) is 0 Å². The van der Waals surface area contributed by atoms with Crippen molar-refractivity contribution < 1.29 is 15.0 Å². The molecular weight excluding hydrogens is 296 g/mol. The summed E-state index contributed by atoms with van der Waals surface area (Å²) < 4.78 is 0. The lowest BCUT2D eigenvalue weighted by Gasteiger charge is -2.00. The number of Topliss-reactive ketones (excluding diaryl/α,β-unsaturated/α-hetero) is 1. The van der Waals surface area contributed by atoms with Crippen LogP contribution in [0.5, 0.6) is 11.5 Å². The highest BCUT2D eigenvalue weighted by Gasteiger charge is 2.31. The van der Waals surface area contributed by atoms with E-state index in [4.69, 9.17) is 11.6 Å². The Labute approximate surface area is 124 Å². The first-order valence-corrected chi connectivity index (χ1v) is 7.00. The Morgan fingerprint density at radius 3 is 2.30 bits per heavy atom. The van der Waals surface area contributed by atoms with E-state index in [-0.39, 0.29) is 22.8 Å². The minimum Gasteiger partial charge on any atom is -0.507 e. The van der Waals surface area contributed by atoms with E-state index in [2.05, 4.69) is 0 Å². The zero-order valence-electron chi connectivity index (χ0n) is 10.1. The van der Waals surface area contributed by atoms with Gasteiger partial charge in [-0.1, -0.05) is 35.5 Å². The molecule has 0 aliphatic carbocycles. The van der Waals surface area contributed by atoms with Crippen molar-refractivity contribution in [2.75, 3.05) is 0 Å². The molecule has 0 saturated heterocycles. The maximum Gasteiger partial charge on any atom is 0.204 e. The Bertz CT molecular complexity index is 736. The Balaban J connectivity index is 2.04. The van der Waals surface area contributed by atoms with Crippen LogP contribution >= 0.6 is 23.4 Å². The monoisotopic (exact) mass is 304 g/mol. The van der Waals surface area contributed by atoms with Gasteiger partial charge >= 0.3 is 0 Å². The molecule has 0 atom stereocenters. The lowest BCUT2D eigenvalue weighted by molar-refractivity contribution is 0.104. The third-order valence-corrected chi connectivity index (χ3v) is 4.34. The van der Waals surface area contributed by atoms with E-state index in [1.54, 1.807) is 30.3 Å². The molecule has 0 aromatic heterocycles. The minimum atomic E-state index is -0.284. The second-order valence-corrected chi connectivity index (χ2v) is 5.79. The number of halogens is 1. The number of benzene rings is 2. The standard InChI is InChI=1S/C15H9ClO3S/c16-9-3-1-8(2-4-9)7-12-14(19)13-10(17)5-6-11(18)15(13)20-12/h1-7,17-18H/b12-7-. The molecule has 0 unspecified atom stereocenters. The van der Waals surface area contributed by atoms with Gasteiger partial charge in [0.15, 0.2) is 0 Å². The van der Waals surface area contributed by atoms with Crippen LogP contribution in [-0.4, -0.2) is 16.0 Å². The van der Waals surface area contributed by atoms with Crippen LogP contribution in [-0.2, 0) is 0 Å². The number of fused-ring (bicyclic) bond motifs is 1. The number of hydrogen-bond acceptors (Lipinski definition) is 4. The summed E-state index contributed by atoms with van der Waals surface area (Å²) in [7, 11) is 0. The number of aromatic hydroxyl groups is 2. The molecule has 0 bridgehead atoms. The van der Waals surface area contributed by atoms with Gasteiger partial charge in [0.1, 0.15) is 11.5 Å². The molecule has 3 nitrogen and oxygen atoms in total. The first-order chi connectivity index (χ1) is 9.56. The third-order valence-electron chi connectivity index (χ3n) is 2.95. The maximum absolute atomic E-state index is 12.3. The van der Waals surface area contributed by atoms with Gasteiger partial charge in [0.2, 0.25) is 5.78 Å². The van der Waals surface area contributed by atoms with Crippen LogP contribution in [0, 0.1) is 0 Å². The Morgan fingerprint density at radius 1 is 1.00 bits per heavy atom. The number of thioether (sulfide) groups is 1. The summed E-state index contributed by atoms with van der Waals surface area (Å²) in [6.45, 7) is 0. The number of allylic oxidation sites excluding steroid dienone is 1. The Hall–Kier alpha value is -1.91. The summed E-state index contributed by atoms with van der Waals surface area (Å²) in [5, 5.41) is 20.1. The van der Waals surface area contributed by atoms with Crippen molar-refractivity contribution in [1.82, 2.24) is 0 Å². The fourth-order valence-electron chi connectivity index (χ4n) is 1.97. The van der Waals surface area contributed by atoms with Crippen LogP contribution in [0.1, 0.15) is 15.9 Å². The molecule has 0 spiro atoms. The largest absolute Gasteiger partial charge is 0.507 e. The van der Waals surface area contributed by atoms with Gasteiger partial charge in [0, 0.05) is 5.02 Å².